The van der Waals surface area contributed by atoms with E-state index in [1.165, 1.54) is 11.3 Å². The van der Waals surface area contributed by atoms with Crippen LogP contribution >= 0.6 is 47.2 Å². The third kappa shape index (κ3) is 8.85. The molecule has 0 aliphatic carbocycles. The van der Waals surface area contributed by atoms with Gasteiger partial charge in [-0.2, -0.15) is 0 Å². The van der Waals surface area contributed by atoms with E-state index in [2.05, 4.69) is 15.6 Å². The molecular formula is C18H27Cl2IN4O2. The van der Waals surface area contributed by atoms with E-state index in [0.717, 1.165) is 25.0 Å². The number of guanidine groups is 1. The smallest absolute Gasteiger partial charge is 0.241 e. The summed E-state index contributed by atoms with van der Waals surface area (Å²) in [6.07, 6.45) is 3.48. The Kier molecular flexibility index (Phi) is 11.4. The van der Waals surface area contributed by atoms with Gasteiger partial charge in [0.2, 0.25) is 5.91 Å². The lowest BCUT2D eigenvalue weighted by Gasteiger charge is -2.24. The minimum Gasteiger partial charge on any atom is -0.376 e. The first kappa shape index (κ1) is 24.3. The maximum Gasteiger partial charge on any atom is 0.241 e. The molecule has 0 saturated carbocycles. The SMILES string of the molecule is CN(C)C(=O)CNC(=NCc1ccc(Cl)cc1Cl)NCC1CCCCO1.I. The number of halogens is 3. The van der Waals surface area contributed by atoms with E-state index in [0.29, 0.717) is 29.1 Å². The highest BCUT2D eigenvalue weighted by molar-refractivity contribution is 14.0. The van der Waals surface area contributed by atoms with Crippen LogP contribution in [0.2, 0.25) is 10.0 Å². The summed E-state index contributed by atoms with van der Waals surface area (Å²) >= 11 is 12.1. The molecule has 6 nitrogen and oxygen atoms in total. The lowest BCUT2D eigenvalue weighted by Crippen LogP contribution is -2.45. The van der Waals surface area contributed by atoms with Crippen LogP contribution in [0.3, 0.4) is 0 Å². The monoisotopic (exact) mass is 528 g/mol. The van der Waals surface area contributed by atoms with Crippen molar-refractivity contribution in [3.8, 4) is 0 Å². The summed E-state index contributed by atoms with van der Waals surface area (Å²) in [5.74, 6) is 0.526. The first-order valence-electron chi connectivity index (χ1n) is 8.73. The van der Waals surface area contributed by atoms with Gasteiger partial charge in [0.1, 0.15) is 0 Å². The van der Waals surface area contributed by atoms with Crippen molar-refractivity contribution >= 4 is 59.0 Å². The van der Waals surface area contributed by atoms with Gasteiger partial charge in [-0.25, -0.2) is 4.99 Å². The largest absolute Gasteiger partial charge is 0.376 e. The van der Waals surface area contributed by atoms with Crippen molar-refractivity contribution in [2.75, 3.05) is 33.8 Å². The number of amides is 1. The molecule has 0 radical (unpaired) electrons. The van der Waals surface area contributed by atoms with Crippen molar-refractivity contribution in [2.45, 2.75) is 31.9 Å². The molecule has 2 N–H and O–H groups in total. The van der Waals surface area contributed by atoms with Crippen LogP contribution in [0.4, 0.5) is 0 Å². The summed E-state index contributed by atoms with van der Waals surface area (Å²) in [4.78, 5) is 17.9. The van der Waals surface area contributed by atoms with Gasteiger partial charge in [-0.3, -0.25) is 4.79 Å². The molecular weight excluding hydrogens is 502 g/mol. The van der Waals surface area contributed by atoms with Crippen molar-refractivity contribution in [2.24, 2.45) is 4.99 Å². The van der Waals surface area contributed by atoms with Gasteiger partial charge in [0, 0.05) is 37.3 Å². The second-order valence-corrected chi connectivity index (χ2v) is 7.26. The number of benzene rings is 1. The van der Waals surface area contributed by atoms with Crippen LogP contribution in [-0.2, 0) is 16.1 Å². The van der Waals surface area contributed by atoms with Crippen LogP contribution in [0.25, 0.3) is 0 Å². The summed E-state index contributed by atoms with van der Waals surface area (Å²) in [6, 6.07) is 5.32. The van der Waals surface area contributed by atoms with E-state index in [4.69, 9.17) is 27.9 Å². The first-order chi connectivity index (χ1) is 12.5. The van der Waals surface area contributed by atoms with E-state index in [9.17, 15) is 4.79 Å². The summed E-state index contributed by atoms with van der Waals surface area (Å²) in [7, 11) is 3.44. The topological polar surface area (TPSA) is 66.0 Å². The van der Waals surface area contributed by atoms with Gasteiger partial charge in [-0.05, 0) is 37.0 Å². The number of rotatable bonds is 6. The maximum absolute atomic E-state index is 11.8. The van der Waals surface area contributed by atoms with Gasteiger partial charge in [0.15, 0.2) is 5.96 Å². The highest BCUT2D eigenvalue weighted by Crippen LogP contribution is 2.21. The lowest BCUT2D eigenvalue weighted by atomic mass is 10.1. The van der Waals surface area contributed by atoms with E-state index >= 15 is 0 Å². The van der Waals surface area contributed by atoms with E-state index in [1.54, 1.807) is 26.2 Å². The number of carbonyl (C=O) groups excluding carboxylic acids is 1. The average molecular weight is 529 g/mol. The summed E-state index contributed by atoms with van der Waals surface area (Å²) in [6.45, 7) is 1.99. The number of carbonyl (C=O) groups is 1. The van der Waals surface area contributed by atoms with Crippen LogP contribution < -0.4 is 10.6 Å². The minimum atomic E-state index is -0.0297. The van der Waals surface area contributed by atoms with Gasteiger partial charge in [0.05, 0.1) is 19.2 Å². The van der Waals surface area contributed by atoms with Crippen LogP contribution in [0.15, 0.2) is 23.2 Å². The molecule has 1 heterocycles. The number of aliphatic imine (C=N–C) groups is 1. The molecule has 1 unspecified atom stereocenters. The molecule has 1 aliphatic rings. The molecule has 27 heavy (non-hydrogen) atoms. The Hall–Kier alpha value is -0.770. The first-order valence-corrected chi connectivity index (χ1v) is 9.49. The highest BCUT2D eigenvalue weighted by atomic mass is 127. The second-order valence-electron chi connectivity index (χ2n) is 6.41. The maximum atomic E-state index is 11.8. The van der Waals surface area contributed by atoms with Gasteiger partial charge < -0.3 is 20.3 Å². The van der Waals surface area contributed by atoms with Crippen molar-refractivity contribution in [3.05, 3.63) is 33.8 Å². The molecule has 1 atom stereocenters. The van der Waals surface area contributed by atoms with Crippen molar-refractivity contribution in [3.63, 3.8) is 0 Å². The molecule has 1 aliphatic heterocycles. The predicted molar refractivity (Wildman–Crippen MR) is 121 cm³/mol. The number of ether oxygens (including phenoxy) is 1. The molecule has 152 valence electrons. The zero-order valence-electron chi connectivity index (χ0n) is 15.6. The summed E-state index contributed by atoms with van der Waals surface area (Å²) in [5, 5.41) is 7.48. The fraction of sp³-hybridized carbons (Fsp3) is 0.556. The molecule has 1 amide bonds. The molecule has 1 fully saturated rings. The van der Waals surface area contributed by atoms with E-state index in [1.807, 2.05) is 6.07 Å². The molecule has 0 spiro atoms. The standard InChI is InChI=1S/C18H26Cl2N4O2.HI/c1-24(2)17(25)12-23-18(22-11-15-5-3-4-8-26-15)21-10-13-6-7-14(19)9-16(13)20;/h6-7,9,15H,3-5,8,10-12H2,1-2H3,(H2,21,22,23);1H. The highest BCUT2D eigenvalue weighted by Gasteiger charge is 2.14. The number of likely N-dealkylation sites (N-methyl/N-ethyl adjacent to an activating group) is 1. The Labute approximate surface area is 188 Å². The second kappa shape index (κ2) is 12.6. The normalized spacial score (nSPS) is 17.0. The Balaban J connectivity index is 0.00000364. The minimum absolute atomic E-state index is 0. The Bertz CT molecular complexity index is 638. The van der Waals surface area contributed by atoms with E-state index in [-0.39, 0.29) is 42.5 Å². The fourth-order valence-corrected chi connectivity index (χ4v) is 2.95. The number of nitrogens with zero attached hydrogens (tertiary/aromatic N) is 2. The number of hydrogen-bond acceptors (Lipinski definition) is 3. The molecule has 1 saturated heterocycles. The number of nitrogens with one attached hydrogen (secondary N) is 2. The van der Waals surface area contributed by atoms with Crippen LogP contribution in [0, 0.1) is 0 Å². The van der Waals surface area contributed by atoms with Gasteiger partial charge in [-0.1, -0.05) is 29.3 Å². The Morgan fingerprint density at radius 2 is 2.07 bits per heavy atom. The summed E-state index contributed by atoms with van der Waals surface area (Å²) in [5.41, 5.74) is 0.866. The predicted octanol–water partition coefficient (Wildman–Crippen LogP) is 3.30. The summed E-state index contributed by atoms with van der Waals surface area (Å²) < 4.78 is 5.73. The Morgan fingerprint density at radius 3 is 2.70 bits per heavy atom. The van der Waals surface area contributed by atoms with Crippen LogP contribution in [0.5, 0.6) is 0 Å². The molecule has 0 bridgehead atoms. The average Bonchev–Trinajstić information content (AvgIpc) is 2.62. The number of hydrogen-bond donors (Lipinski definition) is 2. The van der Waals surface area contributed by atoms with Gasteiger partial charge in [-0.15, -0.1) is 24.0 Å². The fourth-order valence-electron chi connectivity index (χ4n) is 2.48. The van der Waals surface area contributed by atoms with Crippen molar-refractivity contribution in [1.29, 1.82) is 0 Å². The lowest BCUT2D eigenvalue weighted by molar-refractivity contribution is -0.127. The van der Waals surface area contributed by atoms with Crippen LogP contribution in [-0.4, -0.2) is 56.7 Å². The van der Waals surface area contributed by atoms with Crippen molar-refractivity contribution < 1.29 is 9.53 Å². The molecule has 0 aromatic heterocycles. The third-order valence-corrected chi connectivity index (χ3v) is 4.69. The van der Waals surface area contributed by atoms with Crippen LogP contribution in [0.1, 0.15) is 24.8 Å². The van der Waals surface area contributed by atoms with Gasteiger partial charge in [0.25, 0.3) is 0 Å². The molecule has 1 aromatic rings. The zero-order valence-corrected chi connectivity index (χ0v) is 19.5. The molecule has 2 rings (SSSR count). The zero-order chi connectivity index (χ0) is 18.9. The van der Waals surface area contributed by atoms with Gasteiger partial charge >= 0.3 is 0 Å². The molecule has 9 heteroatoms. The van der Waals surface area contributed by atoms with Crippen molar-refractivity contribution in [1.82, 2.24) is 15.5 Å². The Morgan fingerprint density at radius 1 is 1.30 bits per heavy atom. The quantitative estimate of drug-likeness (QED) is 0.338. The third-order valence-electron chi connectivity index (χ3n) is 4.10. The van der Waals surface area contributed by atoms with E-state index < -0.39 is 0 Å². The molecule has 1 aromatic carbocycles.